The Morgan fingerprint density at radius 2 is 1.54 bits per heavy atom. The van der Waals surface area contributed by atoms with Gasteiger partial charge in [-0.3, -0.25) is 0 Å². The number of allylic oxidation sites excluding steroid dienone is 4. The Morgan fingerprint density at radius 1 is 0.846 bits per heavy atom. The predicted molar refractivity (Wildman–Crippen MR) is 58.3 cm³/mol. The minimum atomic E-state index is 1.28. The van der Waals surface area contributed by atoms with Gasteiger partial charge in [0.25, 0.3) is 0 Å². The van der Waals surface area contributed by atoms with E-state index in [0.29, 0.717) is 0 Å². The van der Waals surface area contributed by atoms with Gasteiger partial charge in [-0.15, -0.1) is 0 Å². The van der Waals surface area contributed by atoms with Crippen LogP contribution in [0.3, 0.4) is 0 Å². The zero-order valence-electron chi connectivity index (χ0n) is 7.70. The molecule has 0 aliphatic heterocycles. The first-order valence-electron chi connectivity index (χ1n) is 4.48. The van der Waals surface area contributed by atoms with Crippen LogP contribution in [-0.2, 0) is 0 Å². The average Bonchev–Trinajstić information content (AvgIpc) is 2.13. The van der Waals surface area contributed by atoms with Crippen LogP contribution in [0.4, 0.5) is 0 Å². The van der Waals surface area contributed by atoms with Gasteiger partial charge in [-0.2, -0.15) is 0 Å². The van der Waals surface area contributed by atoms with E-state index in [1.54, 1.807) is 0 Å². The molecule has 0 amide bonds. The van der Waals surface area contributed by atoms with Crippen molar-refractivity contribution >= 4 is 12.2 Å². The highest BCUT2D eigenvalue weighted by molar-refractivity contribution is 5.68. The summed E-state index contributed by atoms with van der Waals surface area (Å²) in [6.45, 7) is 2.11. The van der Waals surface area contributed by atoms with Crippen molar-refractivity contribution in [2.45, 2.75) is 6.92 Å². The zero-order valence-corrected chi connectivity index (χ0v) is 7.70. The number of fused-ring (bicyclic) bond motifs is 1. The topological polar surface area (TPSA) is 0 Å². The quantitative estimate of drug-likeness (QED) is 0.554. The molecule has 0 saturated carbocycles. The van der Waals surface area contributed by atoms with E-state index in [9.17, 15) is 0 Å². The Kier molecular flexibility index (Phi) is 2.13. The fourth-order valence-electron chi connectivity index (χ4n) is 1.39. The van der Waals surface area contributed by atoms with Crippen LogP contribution in [0.1, 0.15) is 18.1 Å². The van der Waals surface area contributed by atoms with E-state index >= 15 is 0 Å². The minimum absolute atomic E-state index is 1.28. The van der Waals surface area contributed by atoms with Crippen molar-refractivity contribution in [3.63, 3.8) is 0 Å². The summed E-state index contributed by atoms with van der Waals surface area (Å²) < 4.78 is 0. The fourth-order valence-corrected chi connectivity index (χ4v) is 1.39. The second-order valence-corrected chi connectivity index (χ2v) is 3.23. The summed E-state index contributed by atoms with van der Waals surface area (Å²) in [5, 5.41) is 0. The molecule has 0 bridgehead atoms. The van der Waals surface area contributed by atoms with Crippen LogP contribution < -0.4 is 0 Å². The molecule has 1 aromatic rings. The Bertz CT molecular complexity index is 392. The van der Waals surface area contributed by atoms with Gasteiger partial charge in [0.2, 0.25) is 0 Å². The maximum absolute atomic E-state index is 2.16. The molecule has 0 unspecified atom stereocenters. The van der Waals surface area contributed by atoms with Crippen molar-refractivity contribution in [1.82, 2.24) is 0 Å². The van der Waals surface area contributed by atoms with E-state index in [1.807, 2.05) is 0 Å². The Balaban J connectivity index is 2.52. The summed E-state index contributed by atoms with van der Waals surface area (Å²) in [5.41, 5.74) is 3.85. The highest BCUT2D eigenvalue weighted by Gasteiger charge is 1.95. The number of hydrogen-bond donors (Lipinski definition) is 0. The van der Waals surface area contributed by atoms with Crippen molar-refractivity contribution in [3.05, 3.63) is 59.2 Å². The van der Waals surface area contributed by atoms with E-state index in [-0.39, 0.29) is 0 Å². The van der Waals surface area contributed by atoms with E-state index in [1.165, 1.54) is 16.7 Å². The standard InChI is InChI=1S/C13H12/c1-11-5-4-8-12-6-2-3-7-13(12)10-9-11/h2-10H,1H3/b5-4?,8-4+,10-9-,11-5+,11-9?,12-8?,13-10?. The van der Waals surface area contributed by atoms with Gasteiger partial charge in [0.1, 0.15) is 0 Å². The second kappa shape index (κ2) is 3.44. The Morgan fingerprint density at radius 3 is 2.31 bits per heavy atom. The van der Waals surface area contributed by atoms with Crippen molar-refractivity contribution in [2.75, 3.05) is 0 Å². The van der Waals surface area contributed by atoms with Crippen LogP contribution in [-0.4, -0.2) is 0 Å². The summed E-state index contributed by atoms with van der Waals surface area (Å²) in [6, 6.07) is 8.40. The molecular weight excluding hydrogens is 156 g/mol. The summed E-state index contributed by atoms with van der Waals surface area (Å²) in [4.78, 5) is 0. The Labute approximate surface area is 78.9 Å². The van der Waals surface area contributed by atoms with Crippen LogP contribution in [0.25, 0.3) is 12.2 Å². The first kappa shape index (κ1) is 8.06. The van der Waals surface area contributed by atoms with Crippen LogP contribution >= 0.6 is 0 Å². The molecule has 0 nitrogen and oxygen atoms in total. The lowest BCUT2D eigenvalue weighted by atomic mass is 10.0. The SMILES string of the molecule is CC1=C\C=C\c2ccccc2/C=C\1. The largest absolute Gasteiger partial charge is 0.0616 e. The lowest BCUT2D eigenvalue weighted by molar-refractivity contribution is 1.51. The van der Waals surface area contributed by atoms with E-state index in [0.717, 1.165) is 0 Å². The second-order valence-electron chi connectivity index (χ2n) is 3.23. The van der Waals surface area contributed by atoms with Crippen molar-refractivity contribution in [1.29, 1.82) is 0 Å². The molecule has 1 aromatic carbocycles. The molecule has 2 rings (SSSR count). The maximum atomic E-state index is 2.16. The average molecular weight is 168 g/mol. The molecule has 0 aromatic heterocycles. The third-order valence-electron chi connectivity index (χ3n) is 2.16. The molecule has 0 atom stereocenters. The molecule has 1 aliphatic carbocycles. The van der Waals surface area contributed by atoms with Gasteiger partial charge in [0.15, 0.2) is 0 Å². The van der Waals surface area contributed by atoms with Gasteiger partial charge in [0.05, 0.1) is 0 Å². The smallest absolute Gasteiger partial charge is 0.0184 e. The Hall–Kier alpha value is -1.56. The van der Waals surface area contributed by atoms with Crippen LogP contribution in [0.15, 0.2) is 48.1 Å². The summed E-state index contributed by atoms with van der Waals surface area (Å²) >= 11 is 0. The van der Waals surface area contributed by atoms with Crippen LogP contribution in [0.2, 0.25) is 0 Å². The van der Waals surface area contributed by atoms with Gasteiger partial charge in [0, 0.05) is 0 Å². The van der Waals surface area contributed by atoms with Crippen molar-refractivity contribution in [2.24, 2.45) is 0 Å². The summed E-state index contributed by atoms with van der Waals surface area (Å²) in [7, 11) is 0. The molecule has 0 radical (unpaired) electrons. The highest BCUT2D eigenvalue weighted by Crippen LogP contribution is 2.16. The third-order valence-corrected chi connectivity index (χ3v) is 2.16. The van der Waals surface area contributed by atoms with E-state index < -0.39 is 0 Å². The molecule has 64 valence electrons. The molecule has 0 saturated heterocycles. The number of hydrogen-bond acceptors (Lipinski definition) is 0. The summed E-state index contributed by atoms with van der Waals surface area (Å²) in [5.74, 6) is 0. The molecule has 0 spiro atoms. The molecule has 1 aliphatic rings. The van der Waals surface area contributed by atoms with E-state index in [2.05, 4.69) is 61.6 Å². The van der Waals surface area contributed by atoms with Gasteiger partial charge in [-0.05, 0) is 18.1 Å². The van der Waals surface area contributed by atoms with Gasteiger partial charge in [-0.25, -0.2) is 0 Å². The molecule has 13 heavy (non-hydrogen) atoms. The molecular formula is C13H12. The molecule has 0 heterocycles. The fraction of sp³-hybridized carbons (Fsp3) is 0.0769. The normalized spacial score (nSPS) is 23.3. The molecule has 0 heteroatoms. The predicted octanol–water partition coefficient (Wildman–Crippen LogP) is 3.67. The molecule has 0 fully saturated rings. The minimum Gasteiger partial charge on any atom is -0.0616 e. The lowest BCUT2D eigenvalue weighted by Crippen LogP contribution is -1.81. The van der Waals surface area contributed by atoms with Crippen molar-refractivity contribution < 1.29 is 0 Å². The first-order valence-corrected chi connectivity index (χ1v) is 4.48. The zero-order chi connectivity index (χ0) is 9.10. The highest BCUT2D eigenvalue weighted by atomic mass is 14.0. The number of benzene rings is 1. The monoisotopic (exact) mass is 168 g/mol. The first-order chi connectivity index (χ1) is 6.36. The lowest BCUT2D eigenvalue weighted by Gasteiger charge is -2.02. The van der Waals surface area contributed by atoms with Gasteiger partial charge in [-0.1, -0.05) is 60.2 Å². The van der Waals surface area contributed by atoms with Crippen LogP contribution in [0.5, 0.6) is 0 Å². The maximum Gasteiger partial charge on any atom is -0.0184 e. The third kappa shape index (κ3) is 1.78. The van der Waals surface area contributed by atoms with Gasteiger partial charge >= 0.3 is 0 Å². The van der Waals surface area contributed by atoms with E-state index in [4.69, 9.17) is 0 Å². The summed E-state index contributed by atoms with van der Waals surface area (Å²) in [6.07, 6.45) is 10.7. The van der Waals surface area contributed by atoms with Gasteiger partial charge < -0.3 is 0 Å². The molecule has 0 N–H and O–H groups in total. The van der Waals surface area contributed by atoms with Crippen LogP contribution in [0, 0.1) is 0 Å². The van der Waals surface area contributed by atoms with Crippen molar-refractivity contribution in [3.8, 4) is 0 Å². The number of rotatable bonds is 0.